The number of hydrogen-bond acceptors (Lipinski definition) is 8. The molecule has 12 heteroatoms. The molecule has 1 N–H and O–H groups in total. The Morgan fingerprint density at radius 1 is 1.35 bits per heavy atom. The summed E-state index contributed by atoms with van der Waals surface area (Å²) in [5.41, 5.74) is 0.750. The van der Waals surface area contributed by atoms with Crippen molar-refractivity contribution >= 4 is 44.2 Å². The van der Waals surface area contributed by atoms with Gasteiger partial charge >= 0.3 is 5.76 Å². The first-order chi connectivity index (χ1) is 14.8. The summed E-state index contributed by atoms with van der Waals surface area (Å²) in [7, 11) is 1.61. The number of amides is 1. The molecule has 4 rings (SSSR count). The lowest BCUT2D eigenvalue weighted by molar-refractivity contribution is -0.384. The number of non-ortho nitro benzene ring substituents is 1. The van der Waals surface area contributed by atoms with E-state index in [1.54, 1.807) is 18.5 Å². The number of H-pyrrole nitrogens is 1. The normalized spacial score (nSPS) is 11.3. The van der Waals surface area contributed by atoms with E-state index in [1.165, 1.54) is 39.0 Å². The van der Waals surface area contributed by atoms with Crippen molar-refractivity contribution in [2.75, 3.05) is 7.05 Å². The molecule has 3 heterocycles. The highest BCUT2D eigenvalue weighted by molar-refractivity contribution is 7.17. The minimum absolute atomic E-state index is 0.126. The van der Waals surface area contributed by atoms with E-state index in [-0.39, 0.29) is 42.2 Å². The number of nitro groups is 1. The van der Waals surface area contributed by atoms with Crippen LogP contribution in [0.2, 0.25) is 0 Å². The van der Waals surface area contributed by atoms with Crippen LogP contribution < -0.4 is 11.3 Å². The van der Waals surface area contributed by atoms with E-state index < -0.39 is 10.7 Å². The minimum Gasteiger partial charge on any atom is -0.407 e. The average Bonchev–Trinajstić information content (AvgIpc) is 3.31. The Kier molecular flexibility index (Phi) is 5.38. The summed E-state index contributed by atoms with van der Waals surface area (Å²) >= 11 is 1.31. The second kappa shape index (κ2) is 8.14. The van der Waals surface area contributed by atoms with Crippen molar-refractivity contribution in [3.63, 3.8) is 0 Å². The molecule has 0 bridgehead atoms. The van der Waals surface area contributed by atoms with Crippen LogP contribution in [0.4, 0.5) is 5.69 Å². The van der Waals surface area contributed by atoms with Crippen molar-refractivity contribution < 1.29 is 14.1 Å². The van der Waals surface area contributed by atoms with E-state index in [1.807, 2.05) is 0 Å². The fraction of sp³-hybridized carbons (Fsp3) is 0.263. The number of nitrogens with zero attached hydrogens (tertiary/aromatic N) is 4. The molecule has 0 atom stereocenters. The predicted molar refractivity (Wildman–Crippen MR) is 113 cm³/mol. The van der Waals surface area contributed by atoms with Gasteiger partial charge in [0.2, 0.25) is 5.91 Å². The molecule has 0 aliphatic rings. The lowest BCUT2D eigenvalue weighted by Crippen LogP contribution is -2.28. The van der Waals surface area contributed by atoms with Gasteiger partial charge in [0.05, 0.1) is 28.6 Å². The number of aromatic amines is 1. The molecule has 0 saturated carbocycles. The van der Waals surface area contributed by atoms with Gasteiger partial charge in [0.15, 0.2) is 5.58 Å². The van der Waals surface area contributed by atoms with E-state index in [0.717, 1.165) is 0 Å². The van der Waals surface area contributed by atoms with Crippen LogP contribution in [-0.2, 0) is 17.9 Å². The summed E-state index contributed by atoms with van der Waals surface area (Å²) in [5.74, 6) is -0.419. The van der Waals surface area contributed by atoms with Crippen molar-refractivity contribution in [2.24, 2.45) is 0 Å². The SMILES string of the molecule is CN(Cc1nc2ccsc2c(=O)[nH]1)C(=O)CCCn1c(=O)oc2cc([N+](=O)[O-])ccc21. The van der Waals surface area contributed by atoms with Crippen molar-refractivity contribution in [3.05, 3.63) is 66.5 Å². The summed E-state index contributed by atoms with van der Waals surface area (Å²) < 4.78 is 6.97. The molecule has 1 amide bonds. The van der Waals surface area contributed by atoms with E-state index >= 15 is 0 Å². The first-order valence-corrected chi connectivity index (χ1v) is 10.2. The van der Waals surface area contributed by atoms with Gasteiger partial charge in [-0.15, -0.1) is 11.3 Å². The molecule has 1 aromatic carbocycles. The maximum atomic E-state index is 12.5. The van der Waals surface area contributed by atoms with Gasteiger partial charge in [-0.1, -0.05) is 0 Å². The van der Waals surface area contributed by atoms with Gasteiger partial charge in [-0.05, 0) is 23.9 Å². The van der Waals surface area contributed by atoms with Gasteiger partial charge in [-0.3, -0.25) is 24.3 Å². The topological polar surface area (TPSA) is 144 Å². The first kappa shape index (κ1) is 20.5. The lowest BCUT2D eigenvalue weighted by atomic mass is 10.2. The summed E-state index contributed by atoms with van der Waals surface area (Å²) in [6, 6.07) is 5.70. The Hall–Kier alpha value is -3.80. The van der Waals surface area contributed by atoms with Crippen molar-refractivity contribution in [2.45, 2.75) is 25.9 Å². The molecule has 0 aliphatic heterocycles. The molecule has 0 unspecified atom stereocenters. The minimum atomic E-state index is -0.637. The smallest absolute Gasteiger partial charge is 0.407 e. The molecule has 4 aromatic rings. The molecular weight excluding hydrogens is 426 g/mol. The Morgan fingerprint density at radius 3 is 2.94 bits per heavy atom. The van der Waals surface area contributed by atoms with Crippen LogP contribution in [-0.4, -0.2) is 37.3 Å². The number of nitrogens with one attached hydrogen (secondary N) is 1. The number of carbonyl (C=O) groups excluding carboxylic acids is 1. The van der Waals surface area contributed by atoms with Crippen LogP contribution >= 0.6 is 11.3 Å². The number of thiophene rings is 1. The standard InChI is InChI=1S/C19H17N5O6S/c1-22(10-15-20-12-6-8-31-17(12)18(26)21-15)16(25)3-2-7-23-13-5-4-11(24(28)29)9-14(13)30-19(23)27/h4-6,8-9H,2-3,7,10H2,1H3,(H,20,21,26). The monoisotopic (exact) mass is 443 g/mol. The molecule has 0 spiro atoms. The van der Waals surface area contributed by atoms with E-state index in [0.29, 0.717) is 28.0 Å². The molecule has 0 aliphatic carbocycles. The van der Waals surface area contributed by atoms with Crippen molar-refractivity contribution in [3.8, 4) is 0 Å². The number of aryl methyl sites for hydroxylation is 1. The molecule has 11 nitrogen and oxygen atoms in total. The number of hydrogen-bond donors (Lipinski definition) is 1. The summed E-state index contributed by atoms with van der Waals surface area (Å²) in [6.45, 7) is 0.372. The molecule has 3 aromatic heterocycles. The number of rotatable bonds is 7. The zero-order valence-corrected chi connectivity index (χ0v) is 17.2. The number of benzene rings is 1. The van der Waals surface area contributed by atoms with Gasteiger partial charge in [-0.2, -0.15) is 0 Å². The van der Waals surface area contributed by atoms with E-state index in [9.17, 15) is 24.5 Å². The Balaban J connectivity index is 1.39. The number of aromatic nitrogens is 3. The number of fused-ring (bicyclic) bond motifs is 2. The fourth-order valence-electron chi connectivity index (χ4n) is 3.27. The molecule has 0 fully saturated rings. The summed E-state index contributed by atoms with van der Waals surface area (Å²) in [5, 5.41) is 12.6. The van der Waals surface area contributed by atoms with E-state index in [2.05, 4.69) is 9.97 Å². The Bertz CT molecular complexity index is 1410. The summed E-state index contributed by atoms with van der Waals surface area (Å²) in [6.07, 6.45) is 0.524. The van der Waals surface area contributed by atoms with Crippen LogP contribution in [0.3, 0.4) is 0 Å². The number of nitro benzene ring substituents is 1. The number of oxazole rings is 1. The quantitative estimate of drug-likeness (QED) is 0.341. The third-order valence-corrected chi connectivity index (χ3v) is 5.71. The zero-order chi connectivity index (χ0) is 22.1. The highest BCUT2D eigenvalue weighted by atomic mass is 32.1. The van der Waals surface area contributed by atoms with Crippen molar-refractivity contribution in [1.29, 1.82) is 0 Å². The highest BCUT2D eigenvalue weighted by Crippen LogP contribution is 2.20. The van der Waals surface area contributed by atoms with Gasteiger partial charge in [0, 0.05) is 26.1 Å². The van der Waals surface area contributed by atoms with Crippen LogP contribution in [0.5, 0.6) is 0 Å². The van der Waals surface area contributed by atoms with Crippen molar-refractivity contribution in [1.82, 2.24) is 19.4 Å². The lowest BCUT2D eigenvalue weighted by Gasteiger charge is -2.16. The van der Waals surface area contributed by atoms with Gasteiger partial charge < -0.3 is 14.3 Å². The molecular formula is C19H17N5O6S. The average molecular weight is 443 g/mol. The van der Waals surface area contributed by atoms with E-state index in [4.69, 9.17) is 4.42 Å². The predicted octanol–water partition coefficient (Wildman–Crippen LogP) is 2.24. The molecule has 160 valence electrons. The molecule has 0 radical (unpaired) electrons. The van der Waals surface area contributed by atoms with Gasteiger partial charge in [0.25, 0.3) is 11.2 Å². The largest absolute Gasteiger partial charge is 0.419 e. The number of carbonyl (C=O) groups is 1. The first-order valence-electron chi connectivity index (χ1n) is 9.31. The third kappa shape index (κ3) is 4.10. The van der Waals surface area contributed by atoms with Crippen LogP contribution in [0.25, 0.3) is 21.3 Å². The molecule has 31 heavy (non-hydrogen) atoms. The maximum absolute atomic E-state index is 12.5. The Morgan fingerprint density at radius 2 is 2.16 bits per heavy atom. The zero-order valence-electron chi connectivity index (χ0n) is 16.4. The summed E-state index contributed by atoms with van der Waals surface area (Å²) in [4.78, 5) is 55.4. The van der Waals surface area contributed by atoms with Gasteiger partial charge in [0.1, 0.15) is 10.5 Å². The van der Waals surface area contributed by atoms with Crippen LogP contribution in [0.1, 0.15) is 18.7 Å². The highest BCUT2D eigenvalue weighted by Gasteiger charge is 2.16. The second-order valence-electron chi connectivity index (χ2n) is 6.93. The van der Waals surface area contributed by atoms with Crippen LogP contribution in [0, 0.1) is 10.1 Å². The van der Waals surface area contributed by atoms with Gasteiger partial charge in [-0.25, -0.2) is 9.78 Å². The third-order valence-electron chi connectivity index (χ3n) is 4.81. The van der Waals surface area contributed by atoms with Crippen LogP contribution in [0.15, 0.2) is 43.7 Å². The fourth-order valence-corrected chi connectivity index (χ4v) is 3.99. The Labute approximate surface area is 177 Å². The maximum Gasteiger partial charge on any atom is 0.419 e. The second-order valence-corrected chi connectivity index (χ2v) is 7.85. The molecule has 0 saturated heterocycles.